The topological polar surface area (TPSA) is 57.4 Å². The van der Waals surface area contributed by atoms with Gasteiger partial charge in [0.2, 0.25) is 5.82 Å². The molecule has 46 heavy (non-hydrogen) atoms. The van der Waals surface area contributed by atoms with Crippen LogP contribution >= 0.6 is 11.3 Å². The van der Waals surface area contributed by atoms with Gasteiger partial charge in [0.1, 0.15) is 11.5 Å². The highest BCUT2D eigenvalue weighted by Crippen LogP contribution is 2.29. The summed E-state index contributed by atoms with van der Waals surface area (Å²) in [6.45, 7) is 6.05. The van der Waals surface area contributed by atoms with Crippen molar-refractivity contribution in [2.45, 2.75) is 117 Å². The summed E-state index contributed by atoms with van der Waals surface area (Å²) in [5.41, 5.74) is 1.83. The second kappa shape index (κ2) is 21.3. The molecule has 0 fully saturated rings. The molecule has 4 aromatic rings. The van der Waals surface area contributed by atoms with Crippen LogP contribution in [0.2, 0.25) is 0 Å². The Morgan fingerprint density at radius 1 is 0.587 bits per heavy atom. The second-order valence-corrected chi connectivity index (χ2v) is 13.1. The van der Waals surface area contributed by atoms with Crippen LogP contribution in [0, 0.1) is 11.8 Å². The number of rotatable bonds is 22. The lowest BCUT2D eigenvalue weighted by Crippen LogP contribution is -1.97. The van der Waals surface area contributed by atoms with Gasteiger partial charge in [-0.3, -0.25) is 0 Å². The molecular formula is C40H52N2O3S. The zero-order valence-electron chi connectivity index (χ0n) is 28.0. The fourth-order valence-corrected chi connectivity index (χ4v) is 6.07. The summed E-state index contributed by atoms with van der Waals surface area (Å²) in [4.78, 5) is 6.51. The largest absolute Gasteiger partial charge is 0.494 e. The fourth-order valence-electron chi connectivity index (χ4n) is 5.28. The minimum atomic E-state index is 0.496. The molecule has 0 aliphatic heterocycles. The maximum atomic E-state index is 5.93. The third-order valence-corrected chi connectivity index (χ3v) is 9.07. The lowest BCUT2D eigenvalue weighted by molar-refractivity contribution is 0.304. The predicted octanol–water partition coefficient (Wildman–Crippen LogP) is 11.9. The highest BCUT2D eigenvalue weighted by atomic mass is 32.1. The molecule has 2 aromatic carbocycles. The van der Waals surface area contributed by atoms with Gasteiger partial charge in [-0.25, -0.2) is 0 Å². The summed E-state index contributed by atoms with van der Waals surface area (Å²) >= 11 is 1.56. The SMILES string of the molecule is CCCCCCCCCCOc1ccc(C#Cc2ccc(-c3noc(-c4ccc(OCCCCCCCCCC)cc4)n3)s2)cc1. The van der Waals surface area contributed by atoms with Gasteiger partial charge >= 0.3 is 0 Å². The van der Waals surface area contributed by atoms with E-state index in [4.69, 9.17) is 14.0 Å². The smallest absolute Gasteiger partial charge is 0.258 e. The van der Waals surface area contributed by atoms with E-state index in [0.29, 0.717) is 11.7 Å². The van der Waals surface area contributed by atoms with Gasteiger partial charge in [0, 0.05) is 11.1 Å². The molecule has 5 nitrogen and oxygen atoms in total. The molecule has 0 saturated heterocycles. The maximum absolute atomic E-state index is 5.93. The molecule has 0 amide bonds. The number of hydrogen-bond donors (Lipinski definition) is 0. The van der Waals surface area contributed by atoms with E-state index in [1.54, 1.807) is 11.3 Å². The average molecular weight is 641 g/mol. The van der Waals surface area contributed by atoms with Crippen LogP contribution in [-0.4, -0.2) is 23.4 Å². The monoisotopic (exact) mass is 640 g/mol. The minimum Gasteiger partial charge on any atom is -0.494 e. The third-order valence-electron chi connectivity index (χ3n) is 8.07. The molecule has 0 N–H and O–H groups in total. The Bertz CT molecular complexity index is 1430. The molecule has 0 saturated carbocycles. The van der Waals surface area contributed by atoms with Crippen molar-refractivity contribution in [3.63, 3.8) is 0 Å². The van der Waals surface area contributed by atoms with Gasteiger partial charge in [-0.2, -0.15) is 4.98 Å². The number of nitrogens with zero attached hydrogens (tertiary/aromatic N) is 2. The highest BCUT2D eigenvalue weighted by Gasteiger charge is 2.12. The lowest BCUT2D eigenvalue weighted by Gasteiger charge is -2.06. The zero-order valence-corrected chi connectivity index (χ0v) is 28.8. The first-order valence-corrected chi connectivity index (χ1v) is 18.5. The van der Waals surface area contributed by atoms with Gasteiger partial charge in [-0.1, -0.05) is 121 Å². The van der Waals surface area contributed by atoms with Crippen LogP contribution in [0.3, 0.4) is 0 Å². The van der Waals surface area contributed by atoms with Crippen LogP contribution < -0.4 is 9.47 Å². The van der Waals surface area contributed by atoms with E-state index in [2.05, 4.69) is 35.8 Å². The number of thiophene rings is 1. The Labute approximate surface area is 281 Å². The molecule has 0 atom stereocenters. The van der Waals surface area contributed by atoms with Gasteiger partial charge in [-0.05, 0) is 73.5 Å². The number of ether oxygens (including phenoxy) is 2. The van der Waals surface area contributed by atoms with Crippen molar-refractivity contribution in [1.29, 1.82) is 0 Å². The van der Waals surface area contributed by atoms with E-state index < -0.39 is 0 Å². The summed E-state index contributed by atoms with van der Waals surface area (Å²) in [6.07, 6.45) is 20.8. The first-order chi connectivity index (χ1) is 22.7. The molecule has 0 radical (unpaired) electrons. The van der Waals surface area contributed by atoms with Crippen molar-refractivity contribution in [2.75, 3.05) is 13.2 Å². The van der Waals surface area contributed by atoms with E-state index in [0.717, 1.165) is 58.4 Å². The standard InChI is InChI=1S/C40H52N2O3S/c1-3-5-7-9-11-13-15-17-31-43-35-24-19-33(20-25-35)21-28-37-29-30-38(46-37)39-41-40(45-42-39)34-22-26-36(27-23-34)44-32-18-16-14-12-10-8-6-4-2/h19-20,22-27,29-30H,3-18,31-32H2,1-2H3. The lowest BCUT2D eigenvalue weighted by atomic mass is 10.1. The molecule has 0 spiro atoms. The Hall–Kier alpha value is -3.56. The molecule has 2 aromatic heterocycles. The van der Waals surface area contributed by atoms with E-state index in [1.807, 2.05) is 60.7 Å². The van der Waals surface area contributed by atoms with Gasteiger partial charge in [-0.15, -0.1) is 11.3 Å². The van der Waals surface area contributed by atoms with Crippen LogP contribution in [0.4, 0.5) is 0 Å². The maximum Gasteiger partial charge on any atom is 0.258 e. The van der Waals surface area contributed by atoms with Gasteiger partial charge in [0.25, 0.3) is 5.89 Å². The van der Waals surface area contributed by atoms with Crippen LogP contribution in [0.15, 0.2) is 65.2 Å². The molecule has 0 unspecified atom stereocenters. The molecule has 6 heteroatoms. The second-order valence-electron chi connectivity index (χ2n) is 12.0. The summed E-state index contributed by atoms with van der Waals surface area (Å²) in [6, 6.07) is 19.9. The third kappa shape index (κ3) is 13.0. The van der Waals surface area contributed by atoms with Gasteiger partial charge in [0.15, 0.2) is 0 Å². The van der Waals surface area contributed by atoms with Gasteiger partial charge in [0.05, 0.1) is 23.0 Å². The van der Waals surface area contributed by atoms with E-state index >= 15 is 0 Å². The summed E-state index contributed by atoms with van der Waals surface area (Å²) in [5, 5.41) is 4.21. The Morgan fingerprint density at radius 3 is 1.67 bits per heavy atom. The van der Waals surface area contributed by atoms with E-state index in [1.165, 1.54) is 89.9 Å². The van der Waals surface area contributed by atoms with Crippen molar-refractivity contribution in [3.05, 3.63) is 71.1 Å². The van der Waals surface area contributed by atoms with Crippen molar-refractivity contribution in [1.82, 2.24) is 10.1 Å². The average Bonchev–Trinajstić information content (AvgIpc) is 3.77. The first-order valence-electron chi connectivity index (χ1n) is 17.7. The predicted molar refractivity (Wildman–Crippen MR) is 192 cm³/mol. The van der Waals surface area contributed by atoms with E-state index in [9.17, 15) is 0 Å². The molecule has 246 valence electrons. The minimum absolute atomic E-state index is 0.496. The molecule has 0 aliphatic carbocycles. The van der Waals surface area contributed by atoms with Crippen LogP contribution in [0.1, 0.15) is 127 Å². The zero-order chi connectivity index (χ0) is 32.1. The summed E-state index contributed by atoms with van der Waals surface area (Å²) in [7, 11) is 0. The van der Waals surface area contributed by atoms with Crippen LogP contribution in [0.5, 0.6) is 11.5 Å². The molecule has 4 rings (SSSR count). The van der Waals surface area contributed by atoms with Crippen molar-refractivity contribution < 1.29 is 14.0 Å². The number of unbranched alkanes of at least 4 members (excludes halogenated alkanes) is 14. The van der Waals surface area contributed by atoms with Crippen molar-refractivity contribution in [3.8, 4) is 45.5 Å². The summed E-state index contributed by atoms with van der Waals surface area (Å²) in [5.74, 6) is 9.36. The molecule has 0 aliphatic rings. The Balaban J connectivity index is 1.16. The molecule has 2 heterocycles. The quantitative estimate of drug-likeness (QED) is 0.0632. The van der Waals surface area contributed by atoms with Crippen LogP contribution in [0.25, 0.3) is 22.2 Å². The Morgan fingerprint density at radius 2 is 1.11 bits per heavy atom. The number of hydrogen-bond acceptors (Lipinski definition) is 6. The number of aromatic nitrogens is 2. The Kier molecular flexibility index (Phi) is 16.3. The highest BCUT2D eigenvalue weighted by molar-refractivity contribution is 7.15. The van der Waals surface area contributed by atoms with Crippen molar-refractivity contribution in [2.24, 2.45) is 0 Å². The number of benzene rings is 2. The van der Waals surface area contributed by atoms with E-state index in [-0.39, 0.29) is 0 Å². The molecule has 0 bridgehead atoms. The van der Waals surface area contributed by atoms with Crippen molar-refractivity contribution >= 4 is 11.3 Å². The normalized spacial score (nSPS) is 10.9. The fraction of sp³-hybridized carbons (Fsp3) is 0.500. The summed E-state index contributed by atoms with van der Waals surface area (Å²) < 4.78 is 17.4. The van der Waals surface area contributed by atoms with Gasteiger partial charge < -0.3 is 14.0 Å². The first kappa shape index (κ1) is 35.3. The molecular weight excluding hydrogens is 589 g/mol. The van der Waals surface area contributed by atoms with Crippen LogP contribution in [-0.2, 0) is 0 Å².